The largest absolute Gasteiger partial charge is 0.465 e. The smallest absolute Gasteiger partial charge is 0.323 e. The van der Waals surface area contributed by atoms with Crippen molar-refractivity contribution in [3.8, 4) is 0 Å². The Hall–Kier alpha value is -1.10. The van der Waals surface area contributed by atoms with Crippen LogP contribution in [0.15, 0.2) is 0 Å². The second-order valence-electron chi connectivity index (χ2n) is 2.92. The first kappa shape index (κ1) is 13.9. The molecular formula is C10H18O5. The molecule has 5 heteroatoms. The van der Waals surface area contributed by atoms with E-state index in [2.05, 4.69) is 0 Å². The molecule has 0 saturated carbocycles. The van der Waals surface area contributed by atoms with Gasteiger partial charge in [0.1, 0.15) is 0 Å². The van der Waals surface area contributed by atoms with E-state index in [4.69, 9.17) is 14.2 Å². The summed E-state index contributed by atoms with van der Waals surface area (Å²) in [5.41, 5.74) is 0. The number of esters is 2. The molecule has 0 bridgehead atoms. The molecule has 0 fully saturated rings. The van der Waals surface area contributed by atoms with Crippen LogP contribution in [0.3, 0.4) is 0 Å². The molecule has 0 aromatic heterocycles. The summed E-state index contributed by atoms with van der Waals surface area (Å²) in [5, 5.41) is 0. The second-order valence-corrected chi connectivity index (χ2v) is 2.92. The molecule has 0 aromatic rings. The first-order chi connectivity index (χ1) is 7.08. The van der Waals surface area contributed by atoms with E-state index in [9.17, 15) is 9.59 Å². The van der Waals surface area contributed by atoms with Gasteiger partial charge in [0.25, 0.3) is 0 Å². The topological polar surface area (TPSA) is 61.8 Å². The monoisotopic (exact) mass is 218 g/mol. The SMILES string of the molecule is CCOC(=O)C(C(=O)OCC)[C@H](C)OC. The Kier molecular flexibility index (Phi) is 6.70. The maximum Gasteiger partial charge on any atom is 0.323 e. The second kappa shape index (κ2) is 7.23. The molecule has 0 unspecified atom stereocenters. The standard InChI is InChI=1S/C10H18O5/c1-5-14-9(11)8(7(3)13-4)10(12)15-6-2/h7-8H,5-6H2,1-4H3/t7-/m0/s1. The van der Waals surface area contributed by atoms with Crippen LogP contribution >= 0.6 is 0 Å². The Morgan fingerprint density at radius 3 is 1.73 bits per heavy atom. The fraction of sp³-hybridized carbons (Fsp3) is 0.800. The van der Waals surface area contributed by atoms with Gasteiger partial charge in [0.2, 0.25) is 0 Å². The average Bonchev–Trinajstić information content (AvgIpc) is 2.18. The van der Waals surface area contributed by atoms with Gasteiger partial charge >= 0.3 is 11.9 Å². The molecule has 5 nitrogen and oxygen atoms in total. The Balaban J connectivity index is 4.56. The van der Waals surface area contributed by atoms with E-state index < -0.39 is 24.0 Å². The number of carbonyl (C=O) groups excluding carboxylic acids is 2. The van der Waals surface area contributed by atoms with Gasteiger partial charge in [-0.1, -0.05) is 0 Å². The molecule has 0 spiro atoms. The van der Waals surface area contributed by atoms with Crippen molar-refractivity contribution in [3.05, 3.63) is 0 Å². The molecule has 0 saturated heterocycles. The summed E-state index contributed by atoms with van der Waals surface area (Å²) in [6.45, 7) is 5.43. The van der Waals surface area contributed by atoms with E-state index >= 15 is 0 Å². The third-order valence-corrected chi connectivity index (χ3v) is 1.92. The van der Waals surface area contributed by atoms with Crippen molar-refractivity contribution in [2.45, 2.75) is 26.9 Å². The summed E-state index contributed by atoms with van der Waals surface area (Å²) < 4.78 is 14.5. The van der Waals surface area contributed by atoms with Gasteiger partial charge in [-0.3, -0.25) is 9.59 Å². The molecule has 0 heterocycles. The van der Waals surface area contributed by atoms with Gasteiger partial charge in [0.05, 0.1) is 19.3 Å². The van der Waals surface area contributed by atoms with Crippen LogP contribution < -0.4 is 0 Å². The van der Waals surface area contributed by atoms with E-state index in [1.807, 2.05) is 0 Å². The summed E-state index contributed by atoms with van der Waals surface area (Å²) in [4.78, 5) is 22.9. The lowest BCUT2D eigenvalue weighted by Crippen LogP contribution is -2.37. The van der Waals surface area contributed by atoms with Gasteiger partial charge in [-0.15, -0.1) is 0 Å². The molecule has 0 aromatic carbocycles. The van der Waals surface area contributed by atoms with Crippen LogP contribution in [0.5, 0.6) is 0 Å². The molecule has 15 heavy (non-hydrogen) atoms. The summed E-state index contributed by atoms with van der Waals surface area (Å²) in [5.74, 6) is -2.22. The minimum Gasteiger partial charge on any atom is -0.465 e. The van der Waals surface area contributed by atoms with Crippen molar-refractivity contribution < 1.29 is 23.8 Å². The Morgan fingerprint density at radius 1 is 1.07 bits per heavy atom. The first-order valence-electron chi connectivity index (χ1n) is 4.94. The van der Waals surface area contributed by atoms with E-state index in [0.29, 0.717) is 0 Å². The number of ether oxygens (including phenoxy) is 3. The van der Waals surface area contributed by atoms with Crippen molar-refractivity contribution in [2.75, 3.05) is 20.3 Å². The highest BCUT2D eigenvalue weighted by Crippen LogP contribution is 2.11. The first-order valence-corrected chi connectivity index (χ1v) is 4.94. The van der Waals surface area contributed by atoms with Gasteiger partial charge in [-0.2, -0.15) is 0 Å². The van der Waals surface area contributed by atoms with Gasteiger partial charge in [0.15, 0.2) is 5.92 Å². The van der Waals surface area contributed by atoms with E-state index in [0.717, 1.165) is 0 Å². The van der Waals surface area contributed by atoms with Gasteiger partial charge in [-0.25, -0.2) is 0 Å². The molecule has 0 aliphatic rings. The molecule has 0 aliphatic carbocycles. The van der Waals surface area contributed by atoms with Crippen LogP contribution in [0.4, 0.5) is 0 Å². The van der Waals surface area contributed by atoms with E-state index in [1.165, 1.54) is 7.11 Å². The molecule has 88 valence electrons. The highest BCUT2D eigenvalue weighted by molar-refractivity contribution is 5.95. The lowest BCUT2D eigenvalue weighted by molar-refractivity contribution is -0.167. The highest BCUT2D eigenvalue weighted by Gasteiger charge is 2.35. The molecule has 0 rings (SSSR count). The van der Waals surface area contributed by atoms with Crippen molar-refractivity contribution in [2.24, 2.45) is 5.92 Å². The maximum absolute atomic E-state index is 11.5. The zero-order chi connectivity index (χ0) is 11.8. The van der Waals surface area contributed by atoms with Crippen molar-refractivity contribution in [3.63, 3.8) is 0 Å². The molecule has 0 aliphatic heterocycles. The predicted octanol–water partition coefficient (Wildman–Crippen LogP) is 0.764. The summed E-state index contributed by atoms with van der Waals surface area (Å²) in [6, 6.07) is 0. The van der Waals surface area contributed by atoms with E-state index in [-0.39, 0.29) is 13.2 Å². The summed E-state index contributed by atoms with van der Waals surface area (Å²) in [6.07, 6.45) is -0.553. The van der Waals surface area contributed by atoms with Crippen molar-refractivity contribution >= 4 is 11.9 Å². The van der Waals surface area contributed by atoms with Crippen LogP contribution in [0.1, 0.15) is 20.8 Å². The van der Waals surface area contributed by atoms with Crippen molar-refractivity contribution in [1.29, 1.82) is 0 Å². The quantitative estimate of drug-likeness (QED) is 0.486. The van der Waals surface area contributed by atoms with Crippen molar-refractivity contribution in [1.82, 2.24) is 0 Å². The number of rotatable bonds is 6. The molecule has 0 radical (unpaired) electrons. The average molecular weight is 218 g/mol. The number of hydrogen-bond donors (Lipinski definition) is 0. The fourth-order valence-corrected chi connectivity index (χ4v) is 1.08. The third-order valence-electron chi connectivity index (χ3n) is 1.92. The number of methoxy groups -OCH3 is 1. The molecule has 1 atom stereocenters. The summed E-state index contributed by atoms with van der Waals surface area (Å²) >= 11 is 0. The number of hydrogen-bond acceptors (Lipinski definition) is 5. The van der Waals surface area contributed by atoms with Crippen LogP contribution in [-0.4, -0.2) is 38.4 Å². The zero-order valence-corrected chi connectivity index (χ0v) is 9.61. The fourth-order valence-electron chi connectivity index (χ4n) is 1.08. The highest BCUT2D eigenvalue weighted by atomic mass is 16.6. The molecular weight excluding hydrogens is 200 g/mol. The minimum absolute atomic E-state index is 0.227. The summed E-state index contributed by atoms with van der Waals surface area (Å²) in [7, 11) is 1.43. The predicted molar refractivity (Wildman–Crippen MR) is 53.2 cm³/mol. The molecule has 0 N–H and O–H groups in total. The number of carbonyl (C=O) groups is 2. The molecule has 0 amide bonds. The Morgan fingerprint density at radius 2 is 1.47 bits per heavy atom. The minimum atomic E-state index is -1.00. The van der Waals surface area contributed by atoms with Gasteiger partial charge in [-0.05, 0) is 20.8 Å². The van der Waals surface area contributed by atoms with E-state index in [1.54, 1.807) is 20.8 Å². The van der Waals surface area contributed by atoms with Gasteiger partial charge in [0, 0.05) is 7.11 Å². The lowest BCUT2D eigenvalue weighted by atomic mass is 10.0. The van der Waals surface area contributed by atoms with Crippen LogP contribution in [0, 0.1) is 5.92 Å². The third kappa shape index (κ3) is 4.29. The maximum atomic E-state index is 11.5. The zero-order valence-electron chi connectivity index (χ0n) is 9.61. The lowest BCUT2D eigenvalue weighted by Gasteiger charge is -2.19. The van der Waals surface area contributed by atoms with Crippen LogP contribution in [-0.2, 0) is 23.8 Å². The van der Waals surface area contributed by atoms with Crippen LogP contribution in [0.2, 0.25) is 0 Å². The Bertz CT molecular complexity index is 196. The Labute approximate surface area is 89.7 Å². The normalized spacial score (nSPS) is 12.3. The van der Waals surface area contributed by atoms with Gasteiger partial charge < -0.3 is 14.2 Å². The van der Waals surface area contributed by atoms with Crippen LogP contribution in [0.25, 0.3) is 0 Å².